The van der Waals surface area contributed by atoms with Crippen molar-refractivity contribution in [3.8, 4) is 10.6 Å². The third-order valence-corrected chi connectivity index (χ3v) is 6.42. The van der Waals surface area contributed by atoms with Gasteiger partial charge < -0.3 is 5.11 Å². The third-order valence-electron chi connectivity index (χ3n) is 5.53. The molecule has 146 valence electrons. The molecule has 3 heterocycles. The molecule has 0 aliphatic carbocycles. The summed E-state index contributed by atoms with van der Waals surface area (Å²) >= 11 is 1.59. The Morgan fingerprint density at radius 1 is 1.11 bits per heavy atom. The molecule has 6 heteroatoms. The van der Waals surface area contributed by atoms with E-state index in [0.717, 1.165) is 30.2 Å². The predicted molar refractivity (Wildman–Crippen MR) is 112 cm³/mol. The minimum atomic E-state index is -0.896. The zero-order valence-electron chi connectivity index (χ0n) is 16.0. The highest BCUT2D eigenvalue weighted by Crippen LogP contribution is 2.26. The second-order valence-electron chi connectivity index (χ2n) is 7.62. The van der Waals surface area contributed by atoms with Gasteiger partial charge in [0.25, 0.3) is 5.56 Å². The van der Waals surface area contributed by atoms with Crippen LogP contribution >= 0.6 is 11.3 Å². The van der Waals surface area contributed by atoms with Crippen molar-refractivity contribution >= 4 is 11.3 Å². The quantitative estimate of drug-likeness (QED) is 0.720. The van der Waals surface area contributed by atoms with Crippen molar-refractivity contribution in [2.45, 2.75) is 38.5 Å². The van der Waals surface area contributed by atoms with Crippen LogP contribution in [0.1, 0.15) is 24.0 Å². The molecule has 1 N–H and O–H groups in total. The summed E-state index contributed by atoms with van der Waals surface area (Å²) in [6.07, 6.45) is 1.27. The molecule has 1 aliphatic heterocycles. The van der Waals surface area contributed by atoms with E-state index in [9.17, 15) is 9.90 Å². The van der Waals surface area contributed by atoms with Crippen molar-refractivity contribution in [1.29, 1.82) is 0 Å². The lowest BCUT2D eigenvalue weighted by molar-refractivity contribution is -0.0389. The molecule has 5 nitrogen and oxygen atoms in total. The summed E-state index contributed by atoms with van der Waals surface area (Å²) in [5, 5.41) is 17.6. The molecular weight excluding hydrogens is 370 g/mol. The van der Waals surface area contributed by atoms with E-state index in [-0.39, 0.29) is 12.1 Å². The Labute approximate surface area is 168 Å². The smallest absolute Gasteiger partial charge is 0.266 e. The van der Waals surface area contributed by atoms with Crippen molar-refractivity contribution in [3.05, 3.63) is 75.4 Å². The molecule has 0 atom stereocenters. The van der Waals surface area contributed by atoms with Gasteiger partial charge in [0.1, 0.15) is 5.69 Å². The monoisotopic (exact) mass is 395 g/mol. The van der Waals surface area contributed by atoms with Crippen LogP contribution in [0.25, 0.3) is 10.6 Å². The second kappa shape index (κ2) is 7.99. The van der Waals surface area contributed by atoms with Crippen LogP contribution in [0.2, 0.25) is 0 Å². The van der Waals surface area contributed by atoms with Gasteiger partial charge in [0.15, 0.2) is 0 Å². The number of hydrogen-bond donors (Lipinski definition) is 1. The standard InChI is InChI=1S/C22H25N3O2S/c1-17-5-2-3-6-18(17)15-24-12-10-22(27,11-13-24)16-25-21(26)9-8-19(23-25)20-7-4-14-28-20/h2-9,14,27H,10-13,15-16H2,1H3. The summed E-state index contributed by atoms with van der Waals surface area (Å²) in [5.41, 5.74) is 2.33. The molecule has 0 saturated carbocycles. The Morgan fingerprint density at radius 2 is 1.89 bits per heavy atom. The van der Waals surface area contributed by atoms with Crippen LogP contribution in [-0.2, 0) is 13.1 Å². The number of likely N-dealkylation sites (tertiary alicyclic amines) is 1. The number of benzene rings is 1. The first-order valence-electron chi connectivity index (χ1n) is 9.64. The van der Waals surface area contributed by atoms with Crippen molar-refractivity contribution in [1.82, 2.24) is 14.7 Å². The van der Waals surface area contributed by atoms with Gasteiger partial charge in [0.05, 0.1) is 17.0 Å². The van der Waals surface area contributed by atoms with Gasteiger partial charge in [-0.15, -0.1) is 11.3 Å². The van der Waals surface area contributed by atoms with Crippen LogP contribution in [0, 0.1) is 6.92 Å². The molecule has 0 amide bonds. The van der Waals surface area contributed by atoms with Crippen LogP contribution in [0.3, 0.4) is 0 Å². The van der Waals surface area contributed by atoms with Gasteiger partial charge >= 0.3 is 0 Å². The Kier molecular flexibility index (Phi) is 5.44. The van der Waals surface area contributed by atoms with Gasteiger partial charge in [-0.25, -0.2) is 4.68 Å². The molecular formula is C22H25N3O2S. The lowest BCUT2D eigenvalue weighted by Crippen LogP contribution is -2.48. The normalized spacial score (nSPS) is 16.9. The Morgan fingerprint density at radius 3 is 2.61 bits per heavy atom. The third kappa shape index (κ3) is 4.24. The van der Waals surface area contributed by atoms with E-state index in [0.29, 0.717) is 12.8 Å². The first-order chi connectivity index (χ1) is 13.5. The summed E-state index contributed by atoms with van der Waals surface area (Å²) in [6.45, 7) is 4.89. The highest BCUT2D eigenvalue weighted by molar-refractivity contribution is 7.13. The van der Waals surface area contributed by atoms with E-state index in [2.05, 4.69) is 41.2 Å². The van der Waals surface area contributed by atoms with Crippen molar-refractivity contribution < 1.29 is 5.11 Å². The first kappa shape index (κ1) is 19.1. The number of aliphatic hydroxyl groups is 1. The van der Waals surface area contributed by atoms with Crippen LogP contribution in [0.4, 0.5) is 0 Å². The highest BCUT2D eigenvalue weighted by atomic mass is 32.1. The topological polar surface area (TPSA) is 58.4 Å². The summed E-state index contributed by atoms with van der Waals surface area (Å²) in [4.78, 5) is 15.7. The molecule has 3 aromatic rings. The van der Waals surface area contributed by atoms with E-state index in [4.69, 9.17) is 0 Å². The number of nitrogens with zero attached hydrogens (tertiary/aromatic N) is 3. The lowest BCUT2D eigenvalue weighted by atomic mass is 9.91. The molecule has 28 heavy (non-hydrogen) atoms. The molecule has 4 rings (SSSR count). The number of aromatic nitrogens is 2. The lowest BCUT2D eigenvalue weighted by Gasteiger charge is -2.38. The number of piperidine rings is 1. The predicted octanol–water partition coefficient (Wildman–Crippen LogP) is 3.31. The Balaban J connectivity index is 1.43. The molecule has 1 saturated heterocycles. The molecule has 1 aliphatic rings. The largest absolute Gasteiger partial charge is 0.388 e. The fourth-order valence-electron chi connectivity index (χ4n) is 3.71. The van der Waals surface area contributed by atoms with Crippen LogP contribution in [0.5, 0.6) is 0 Å². The zero-order valence-corrected chi connectivity index (χ0v) is 16.9. The average molecular weight is 396 g/mol. The SMILES string of the molecule is Cc1ccccc1CN1CCC(O)(Cn2nc(-c3cccs3)ccc2=O)CC1. The van der Waals surface area contributed by atoms with Gasteiger partial charge in [-0.3, -0.25) is 9.69 Å². The minimum absolute atomic E-state index is 0.170. The van der Waals surface area contributed by atoms with Crippen LogP contribution in [0.15, 0.2) is 58.7 Å². The molecule has 0 unspecified atom stereocenters. The zero-order chi connectivity index (χ0) is 19.6. The maximum Gasteiger partial charge on any atom is 0.266 e. The summed E-state index contributed by atoms with van der Waals surface area (Å²) in [6, 6.07) is 15.7. The van der Waals surface area contributed by atoms with E-state index in [1.807, 2.05) is 17.5 Å². The van der Waals surface area contributed by atoms with Crippen LogP contribution < -0.4 is 5.56 Å². The van der Waals surface area contributed by atoms with E-state index in [1.165, 1.54) is 15.8 Å². The molecule has 1 fully saturated rings. The first-order valence-corrected chi connectivity index (χ1v) is 10.5. The number of rotatable bonds is 5. The molecule has 1 aromatic carbocycles. The fraction of sp³-hybridized carbons (Fsp3) is 0.364. The van der Waals surface area contributed by atoms with Crippen molar-refractivity contribution in [2.24, 2.45) is 0 Å². The maximum absolute atomic E-state index is 12.3. The summed E-state index contributed by atoms with van der Waals surface area (Å²) in [5.74, 6) is 0. The molecule has 2 aromatic heterocycles. The minimum Gasteiger partial charge on any atom is -0.388 e. The van der Waals surface area contributed by atoms with Crippen molar-refractivity contribution in [2.75, 3.05) is 13.1 Å². The average Bonchev–Trinajstić information content (AvgIpc) is 3.22. The Bertz CT molecular complexity index is 989. The van der Waals surface area contributed by atoms with E-state index < -0.39 is 5.60 Å². The van der Waals surface area contributed by atoms with E-state index in [1.54, 1.807) is 23.5 Å². The number of thiophene rings is 1. The van der Waals surface area contributed by atoms with Gasteiger partial charge in [0.2, 0.25) is 0 Å². The second-order valence-corrected chi connectivity index (χ2v) is 8.57. The fourth-order valence-corrected chi connectivity index (χ4v) is 4.40. The number of hydrogen-bond acceptors (Lipinski definition) is 5. The van der Waals surface area contributed by atoms with E-state index >= 15 is 0 Å². The maximum atomic E-state index is 12.3. The molecule has 0 spiro atoms. The van der Waals surface area contributed by atoms with Gasteiger partial charge in [0, 0.05) is 25.7 Å². The molecule has 0 bridgehead atoms. The van der Waals surface area contributed by atoms with Gasteiger partial charge in [-0.05, 0) is 48.4 Å². The summed E-state index contributed by atoms with van der Waals surface area (Å²) < 4.78 is 1.42. The van der Waals surface area contributed by atoms with Gasteiger partial charge in [-0.2, -0.15) is 5.10 Å². The Hall–Kier alpha value is -2.28. The number of aryl methyl sites for hydroxylation is 1. The molecule has 0 radical (unpaired) electrons. The highest BCUT2D eigenvalue weighted by Gasteiger charge is 2.33. The summed E-state index contributed by atoms with van der Waals surface area (Å²) in [7, 11) is 0. The van der Waals surface area contributed by atoms with Gasteiger partial charge in [-0.1, -0.05) is 30.3 Å². The van der Waals surface area contributed by atoms with Crippen molar-refractivity contribution in [3.63, 3.8) is 0 Å². The van der Waals surface area contributed by atoms with Crippen LogP contribution in [-0.4, -0.2) is 38.5 Å².